The molecule has 4 nitrogen and oxygen atoms in total. The van der Waals surface area contributed by atoms with Gasteiger partial charge in [0.05, 0.1) is 10.7 Å². The molecule has 26 heavy (non-hydrogen) atoms. The maximum absolute atomic E-state index is 4.84. The molecule has 1 aromatic carbocycles. The summed E-state index contributed by atoms with van der Waals surface area (Å²) in [5, 5.41) is 6.74. The van der Waals surface area contributed by atoms with Crippen LogP contribution in [0.2, 0.25) is 0 Å². The number of nitrogens with zero attached hydrogens (tertiary/aromatic N) is 3. The molecule has 0 radical (unpaired) electrons. The molecule has 0 bridgehead atoms. The van der Waals surface area contributed by atoms with Gasteiger partial charge in [-0.25, -0.2) is 4.98 Å². The van der Waals surface area contributed by atoms with E-state index in [-0.39, 0.29) is 0 Å². The van der Waals surface area contributed by atoms with Crippen molar-refractivity contribution in [3.05, 3.63) is 46.4 Å². The number of aliphatic imine (C=N–C) groups is 1. The van der Waals surface area contributed by atoms with Gasteiger partial charge in [0.2, 0.25) is 0 Å². The van der Waals surface area contributed by atoms with Gasteiger partial charge >= 0.3 is 0 Å². The van der Waals surface area contributed by atoms with Gasteiger partial charge in [0, 0.05) is 48.6 Å². The molecule has 3 rings (SSSR count). The van der Waals surface area contributed by atoms with E-state index < -0.39 is 0 Å². The van der Waals surface area contributed by atoms with E-state index in [1.165, 1.54) is 17.1 Å². The number of aryl methyl sites for hydroxylation is 1. The molecule has 0 aliphatic carbocycles. The fourth-order valence-electron chi connectivity index (χ4n) is 3.12. The van der Waals surface area contributed by atoms with E-state index in [4.69, 9.17) is 4.99 Å². The first-order valence-corrected chi connectivity index (χ1v) is 11.2. The first-order chi connectivity index (χ1) is 12.7. The van der Waals surface area contributed by atoms with Crippen molar-refractivity contribution in [2.75, 3.05) is 31.9 Å². The largest absolute Gasteiger partial charge is 0.357 e. The van der Waals surface area contributed by atoms with Crippen molar-refractivity contribution in [2.45, 2.75) is 31.6 Å². The fraction of sp³-hybridized carbons (Fsp3) is 0.500. The summed E-state index contributed by atoms with van der Waals surface area (Å²) in [6.07, 6.45) is 2.16. The molecular weight excluding hydrogens is 360 g/mol. The number of thioether (sulfide) groups is 1. The van der Waals surface area contributed by atoms with Gasteiger partial charge in [0.15, 0.2) is 5.96 Å². The molecule has 1 aliphatic rings. The number of nitrogens with one attached hydrogen (secondary N) is 1. The normalized spacial score (nSPS) is 17.7. The van der Waals surface area contributed by atoms with Crippen molar-refractivity contribution in [3.8, 4) is 0 Å². The van der Waals surface area contributed by atoms with Crippen molar-refractivity contribution in [3.63, 3.8) is 0 Å². The Hall–Kier alpha value is -1.53. The SMILES string of the molecule is CCNC(=NCCc1csc(C)n1)N1CCC(CSc2ccccc2)C1. The quantitative estimate of drug-likeness (QED) is 0.441. The molecule has 1 aromatic heterocycles. The second kappa shape index (κ2) is 9.97. The van der Waals surface area contributed by atoms with Crippen LogP contribution in [0, 0.1) is 12.8 Å². The number of hydrogen-bond acceptors (Lipinski definition) is 4. The van der Waals surface area contributed by atoms with E-state index in [0.717, 1.165) is 55.2 Å². The van der Waals surface area contributed by atoms with E-state index in [9.17, 15) is 0 Å². The number of benzene rings is 1. The maximum Gasteiger partial charge on any atom is 0.193 e. The Morgan fingerprint density at radius 2 is 2.23 bits per heavy atom. The number of aromatic nitrogens is 1. The Labute approximate surface area is 165 Å². The predicted octanol–water partition coefficient (Wildman–Crippen LogP) is 4.07. The first-order valence-electron chi connectivity index (χ1n) is 9.36. The molecule has 1 unspecified atom stereocenters. The summed E-state index contributed by atoms with van der Waals surface area (Å²) in [6, 6.07) is 10.7. The molecule has 0 amide bonds. The smallest absolute Gasteiger partial charge is 0.193 e. The molecule has 1 saturated heterocycles. The van der Waals surface area contributed by atoms with Crippen molar-refractivity contribution < 1.29 is 0 Å². The Morgan fingerprint density at radius 1 is 1.38 bits per heavy atom. The molecular formula is C20H28N4S2. The van der Waals surface area contributed by atoms with Gasteiger partial charge in [-0.2, -0.15) is 0 Å². The average Bonchev–Trinajstić information content (AvgIpc) is 3.29. The van der Waals surface area contributed by atoms with E-state index in [0.29, 0.717) is 0 Å². The molecule has 1 fully saturated rings. The van der Waals surface area contributed by atoms with Gasteiger partial charge in [0.1, 0.15) is 0 Å². The third-order valence-corrected chi connectivity index (χ3v) is 6.51. The minimum Gasteiger partial charge on any atom is -0.357 e. The number of likely N-dealkylation sites (tertiary alicyclic amines) is 1. The van der Waals surface area contributed by atoms with E-state index in [1.807, 2.05) is 11.8 Å². The predicted molar refractivity (Wildman–Crippen MR) is 113 cm³/mol. The minimum absolute atomic E-state index is 0.727. The zero-order chi connectivity index (χ0) is 18.2. The van der Waals surface area contributed by atoms with Crippen molar-refractivity contribution in [2.24, 2.45) is 10.9 Å². The molecule has 2 aromatic rings. The number of hydrogen-bond donors (Lipinski definition) is 1. The molecule has 1 atom stereocenters. The van der Waals surface area contributed by atoms with Crippen molar-refractivity contribution >= 4 is 29.1 Å². The van der Waals surface area contributed by atoms with Crippen LogP contribution < -0.4 is 5.32 Å². The van der Waals surface area contributed by atoms with Crippen LogP contribution in [0.1, 0.15) is 24.0 Å². The van der Waals surface area contributed by atoms with Gasteiger partial charge in [-0.1, -0.05) is 18.2 Å². The summed E-state index contributed by atoms with van der Waals surface area (Å²) >= 11 is 3.68. The Bertz CT molecular complexity index is 699. The standard InChI is InChI=1S/C20H28N4S2/c1-3-21-20(22-11-9-18-15-25-16(2)23-18)24-12-10-17(13-24)14-26-19-7-5-4-6-8-19/h4-8,15,17H,3,9-14H2,1-2H3,(H,21,22). The summed E-state index contributed by atoms with van der Waals surface area (Å²) in [6.45, 7) is 8.10. The van der Waals surface area contributed by atoms with Crippen molar-refractivity contribution in [1.29, 1.82) is 0 Å². The second-order valence-electron chi connectivity index (χ2n) is 6.57. The number of rotatable bonds is 7. The summed E-state index contributed by atoms with van der Waals surface area (Å²) in [7, 11) is 0. The topological polar surface area (TPSA) is 40.5 Å². The van der Waals surface area contributed by atoms with Crippen LogP contribution in [0.3, 0.4) is 0 Å². The molecule has 0 spiro atoms. The highest BCUT2D eigenvalue weighted by molar-refractivity contribution is 7.99. The maximum atomic E-state index is 4.84. The van der Waals surface area contributed by atoms with Gasteiger partial charge in [0.25, 0.3) is 0 Å². The fourth-order valence-corrected chi connectivity index (χ4v) is 4.81. The van der Waals surface area contributed by atoms with Crippen LogP contribution in [0.15, 0.2) is 45.6 Å². The average molecular weight is 389 g/mol. The van der Waals surface area contributed by atoms with Crippen LogP contribution in [-0.2, 0) is 6.42 Å². The lowest BCUT2D eigenvalue weighted by molar-refractivity contribution is 0.474. The van der Waals surface area contributed by atoms with Crippen LogP contribution in [0.25, 0.3) is 0 Å². The Balaban J connectivity index is 1.49. The Kier molecular flexibility index (Phi) is 7.38. The van der Waals surface area contributed by atoms with Crippen molar-refractivity contribution in [1.82, 2.24) is 15.2 Å². The summed E-state index contributed by atoms with van der Waals surface area (Å²) in [5.41, 5.74) is 1.16. The van der Waals surface area contributed by atoms with E-state index in [1.54, 1.807) is 11.3 Å². The second-order valence-corrected chi connectivity index (χ2v) is 8.72. The van der Waals surface area contributed by atoms with E-state index in [2.05, 4.69) is 64.8 Å². The molecule has 2 heterocycles. The lowest BCUT2D eigenvalue weighted by atomic mass is 10.2. The highest BCUT2D eigenvalue weighted by atomic mass is 32.2. The van der Waals surface area contributed by atoms with Gasteiger partial charge in [-0.05, 0) is 38.3 Å². The van der Waals surface area contributed by atoms with Gasteiger partial charge in [-0.15, -0.1) is 23.1 Å². The zero-order valence-corrected chi connectivity index (χ0v) is 17.3. The molecule has 140 valence electrons. The summed E-state index contributed by atoms with van der Waals surface area (Å²) in [5.74, 6) is 2.97. The number of guanidine groups is 1. The third-order valence-electron chi connectivity index (χ3n) is 4.45. The lowest BCUT2D eigenvalue weighted by Gasteiger charge is -2.21. The molecule has 1 aliphatic heterocycles. The van der Waals surface area contributed by atoms with Gasteiger partial charge < -0.3 is 10.2 Å². The van der Waals surface area contributed by atoms with Crippen LogP contribution in [0.4, 0.5) is 0 Å². The number of thiazole rings is 1. The summed E-state index contributed by atoms with van der Waals surface area (Å²) < 4.78 is 0. The van der Waals surface area contributed by atoms with E-state index >= 15 is 0 Å². The Morgan fingerprint density at radius 3 is 2.96 bits per heavy atom. The monoisotopic (exact) mass is 388 g/mol. The highest BCUT2D eigenvalue weighted by Gasteiger charge is 2.24. The lowest BCUT2D eigenvalue weighted by Crippen LogP contribution is -2.40. The van der Waals surface area contributed by atoms with Crippen LogP contribution in [-0.4, -0.2) is 47.8 Å². The first kappa shape index (κ1) is 19.2. The third kappa shape index (κ3) is 5.74. The van der Waals surface area contributed by atoms with Crippen LogP contribution >= 0.6 is 23.1 Å². The van der Waals surface area contributed by atoms with Crippen LogP contribution in [0.5, 0.6) is 0 Å². The molecule has 1 N–H and O–H groups in total. The minimum atomic E-state index is 0.727. The molecule has 0 saturated carbocycles. The zero-order valence-electron chi connectivity index (χ0n) is 15.6. The van der Waals surface area contributed by atoms with Gasteiger partial charge in [-0.3, -0.25) is 4.99 Å². The highest BCUT2D eigenvalue weighted by Crippen LogP contribution is 2.25. The summed E-state index contributed by atoms with van der Waals surface area (Å²) in [4.78, 5) is 13.2. The molecule has 6 heteroatoms.